The van der Waals surface area contributed by atoms with Gasteiger partial charge in [0.2, 0.25) is 0 Å². The molecule has 0 bridgehead atoms. The van der Waals surface area contributed by atoms with Crippen LogP contribution in [0.4, 0.5) is 0 Å². The van der Waals surface area contributed by atoms with Gasteiger partial charge in [-0.25, -0.2) is 4.79 Å². The molecule has 3 heteroatoms. The van der Waals surface area contributed by atoms with Crippen molar-refractivity contribution in [1.29, 1.82) is 0 Å². The van der Waals surface area contributed by atoms with Crippen LogP contribution in [0.2, 0.25) is 0 Å². The van der Waals surface area contributed by atoms with Crippen molar-refractivity contribution in [2.24, 2.45) is 0 Å². The molecule has 0 aliphatic rings. The standard InChI is InChI=1S/C23H34O3/c1-2-3-4-5-6-7-8-9-10-11-12-13-20-26-22-17-14-21(15-18-22)16-19-23(24)25/h14-15,17-18H,2-13,20H2,1H3,(H,24,25). The van der Waals surface area contributed by atoms with Crippen molar-refractivity contribution < 1.29 is 14.6 Å². The van der Waals surface area contributed by atoms with Gasteiger partial charge in [-0.05, 0) is 30.7 Å². The highest BCUT2D eigenvalue weighted by atomic mass is 16.5. The van der Waals surface area contributed by atoms with Crippen molar-refractivity contribution >= 4 is 5.97 Å². The summed E-state index contributed by atoms with van der Waals surface area (Å²) in [6, 6.07) is 7.25. The van der Waals surface area contributed by atoms with Crippen LogP contribution < -0.4 is 4.74 Å². The van der Waals surface area contributed by atoms with E-state index in [0.717, 1.165) is 18.8 Å². The van der Waals surface area contributed by atoms with Crippen molar-refractivity contribution in [2.45, 2.75) is 84.0 Å². The number of hydrogen-bond acceptors (Lipinski definition) is 2. The molecule has 0 spiro atoms. The number of hydrogen-bond donors (Lipinski definition) is 1. The third kappa shape index (κ3) is 12.4. The predicted molar refractivity (Wildman–Crippen MR) is 108 cm³/mol. The number of benzene rings is 1. The van der Waals surface area contributed by atoms with E-state index in [9.17, 15) is 4.79 Å². The van der Waals surface area contributed by atoms with Crippen LogP contribution in [-0.2, 0) is 4.79 Å². The number of unbranched alkanes of at least 4 members (excludes halogenated alkanes) is 11. The summed E-state index contributed by atoms with van der Waals surface area (Å²) in [5.41, 5.74) is 0.685. The first kappa shape index (κ1) is 22.1. The van der Waals surface area contributed by atoms with E-state index in [-0.39, 0.29) is 0 Å². The summed E-state index contributed by atoms with van der Waals surface area (Å²) in [4.78, 5) is 10.4. The third-order valence-corrected chi connectivity index (χ3v) is 4.43. The molecule has 0 unspecified atom stereocenters. The lowest BCUT2D eigenvalue weighted by atomic mass is 10.1. The maximum absolute atomic E-state index is 10.4. The summed E-state index contributed by atoms with van der Waals surface area (Å²) in [5.74, 6) is 4.39. The first-order valence-corrected chi connectivity index (χ1v) is 10.2. The zero-order valence-corrected chi connectivity index (χ0v) is 16.3. The lowest BCUT2D eigenvalue weighted by Crippen LogP contribution is -1.97. The van der Waals surface area contributed by atoms with Crippen LogP contribution in [0.5, 0.6) is 5.75 Å². The molecule has 0 radical (unpaired) electrons. The van der Waals surface area contributed by atoms with Gasteiger partial charge in [0.25, 0.3) is 0 Å². The van der Waals surface area contributed by atoms with Crippen LogP contribution in [0.25, 0.3) is 0 Å². The topological polar surface area (TPSA) is 46.5 Å². The van der Waals surface area contributed by atoms with Gasteiger partial charge in [-0.3, -0.25) is 0 Å². The fourth-order valence-electron chi connectivity index (χ4n) is 2.89. The Labute approximate surface area is 159 Å². The molecular weight excluding hydrogens is 324 g/mol. The summed E-state index contributed by atoms with van der Waals surface area (Å²) >= 11 is 0. The number of rotatable bonds is 14. The Bertz CT molecular complexity index is 537. The van der Waals surface area contributed by atoms with E-state index in [4.69, 9.17) is 9.84 Å². The number of aliphatic carboxylic acids is 1. The molecule has 26 heavy (non-hydrogen) atoms. The largest absolute Gasteiger partial charge is 0.494 e. The molecule has 1 N–H and O–H groups in total. The molecule has 0 fully saturated rings. The van der Waals surface area contributed by atoms with E-state index < -0.39 is 5.97 Å². The Balaban J connectivity index is 1.94. The van der Waals surface area contributed by atoms with E-state index >= 15 is 0 Å². The van der Waals surface area contributed by atoms with Crippen LogP contribution >= 0.6 is 0 Å². The maximum Gasteiger partial charge on any atom is 0.382 e. The minimum Gasteiger partial charge on any atom is -0.494 e. The lowest BCUT2D eigenvalue weighted by molar-refractivity contribution is -0.130. The van der Waals surface area contributed by atoms with Crippen LogP contribution in [0, 0.1) is 11.8 Å². The molecule has 0 amide bonds. The number of carboxylic acids is 1. The van der Waals surface area contributed by atoms with E-state index in [1.165, 1.54) is 70.6 Å². The van der Waals surface area contributed by atoms with E-state index in [1.54, 1.807) is 12.1 Å². The molecule has 1 aromatic rings. The molecule has 1 aromatic carbocycles. The van der Waals surface area contributed by atoms with Gasteiger partial charge in [0.1, 0.15) is 5.75 Å². The van der Waals surface area contributed by atoms with Gasteiger partial charge < -0.3 is 9.84 Å². The molecule has 0 aromatic heterocycles. The van der Waals surface area contributed by atoms with E-state index in [2.05, 4.69) is 18.8 Å². The minimum absolute atomic E-state index is 0.685. The van der Waals surface area contributed by atoms with Crippen molar-refractivity contribution in [1.82, 2.24) is 0 Å². The van der Waals surface area contributed by atoms with Crippen molar-refractivity contribution in [3.63, 3.8) is 0 Å². The van der Waals surface area contributed by atoms with Gasteiger partial charge in [0.15, 0.2) is 0 Å². The monoisotopic (exact) mass is 358 g/mol. The molecule has 3 nitrogen and oxygen atoms in total. The van der Waals surface area contributed by atoms with E-state index in [1.807, 2.05) is 12.1 Å². The Kier molecular flexibility index (Phi) is 13.0. The average Bonchev–Trinajstić information content (AvgIpc) is 2.64. The van der Waals surface area contributed by atoms with Gasteiger partial charge in [0, 0.05) is 11.5 Å². The second-order valence-electron chi connectivity index (χ2n) is 6.82. The maximum atomic E-state index is 10.4. The summed E-state index contributed by atoms with van der Waals surface area (Å²) < 4.78 is 5.71. The highest BCUT2D eigenvalue weighted by Gasteiger charge is 1.96. The van der Waals surface area contributed by atoms with Gasteiger partial charge in [-0.2, -0.15) is 0 Å². The lowest BCUT2D eigenvalue weighted by Gasteiger charge is -2.06. The first-order chi connectivity index (χ1) is 12.7. The molecule has 0 saturated carbocycles. The van der Waals surface area contributed by atoms with Gasteiger partial charge in [0.05, 0.1) is 6.61 Å². The quantitative estimate of drug-likeness (QED) is 0.318. The number of carbonyl (C=O) groups is 1. The predicted octanol–water partition coefficient (Wildman–Crippen LogP) is 6.20. The van der Waals surface area contributed by atoms with Crippen molar-refractivity contribution in [3.05, 3.63) is 29.8 Å². The fourth-order valence-corrected chi connectivity index (χ4v) is 2.89. The summed E-state index contributed by atoms with van der Waals surface area (Å²) in [5, 5.41) is 8.52. The van der Waals surface area contributed by atoms with Crippen molar-refractivity contribution in [3.8, 4) is 17.6 Å². The number of carboxylic acid groups (broad SMARTS) is 1. The first-order valence-electron chi connectivity index (χ1n) is 10.2. The summed E-state index contributed by atoms with van der Waals surface area (Å²) in [7, 11) is 0. The molecular formula is C23H34O3. The van der Waals surface area contributed by atoms with Crippen LogP contribution in [0.3, 0.4) is 0 Å². The van der Waals surface area contributed by atoms with Gasteiger partial charge in [-0.15, -0.1) is 0 Å². The minimum atomic E-state index is -1.11. The Hall–Kier alpha value is -1.95. The Morgan fingerprint density at radius 3 is 1.85 bits per heavy atom. The SMILES string of the molecule is CCCCCCCCCCCCCCOc1ccc(C#CC(=O)O)cc1. The Morgan fingerprint density at radius 2 is 1.35 bits per heavy atom. The Morgan fingerprint density at radius 1 is 0.846 bits per heavy atom. The molecule has 0 heterocycles. The highest BCUT2D eigenvalue weighted by molar-refractivity contribution is 5.87. The van der Waals surface area contributed by atoms with Gasteiger partial charge >= 0.3 is 5.97 Å². The molecule has 0 atom stereocenters. The van der Waals surface area contributed by atoms with Crippen LogP contribution in [0.15, 0.2) is 24.3 Å². The summed E-state index contributed by atoms with van der Waals surface area (Å²) in [6.07, 6.45) is 16.1. The normalized spacial score (nSPS) is 10.2. The molecule has 0 saturated heterocycles. The molecule has 0 aliphatic carbocycles. The molecule has 1 rings (SSSR count). The van der Waals surface area contributed by atoms with Gasteiger partial charge in [-0.1, -0.05) is 83.5 Å². The smallest absolute Gasteiger partial charge is 0.382 e. The van der Waals surface area contributed by atoms with Crippen LogP contribution in [-0.4, -0.2) is 17.7 Å². The zero-order chi connectivity index (χ0) is 18.9. The average molecular weight is 359 g/mol. The van der Waals surface area contributed by atoms with E-state index in [0.29, 0.717) is 5.56 Å². The zero-order valence-electron chi connectivity index (χ0n) is 16.3. The fraction of sp³-hybridized carbons (Fsp3) is 0.609. The second kappa shape index (κ2) is 15.3. The molecule has 144 valence electrons. The highest BCUT2D eigenvalue weighted by Crippen LogP contribution is 2.14. The number of ether oxygens (including phenoxy) is 1. The van der Waals surface area contributed by atoms with Crippen molar-refractivity contribution in [2.75, 3.05) is 6.61 Å². The molecule has 0 aliphatic heterocycles. The second-order valence-corrected chi connectivity index (χ2v) is 6.82. The van der Waals surface area contributed by atoms with Crippen LogP contribution in [0.1, 0.15) is 89.5 Å². The third-order valence-electron chi connectivity index (χ3n) is 4.43. The summed E-state index contributed by atoms with van der Waals surface area (Å²) in [6.45, 7) is 3.00.